The van der Waals surface area contributed by atoms with E-state index in [0.29, 0.717) is 6.42 Å². The lowest BCUT2D eigenvalue weighted by Gasteiger charge is -2.03. The summed E-state index contributed by atoms with van der Waals surface area (Å²) >= 11 is 0. The highest BCUT2D eigenvalue weighted by Gasteiger charge is 2.04. The van der Waals surface area contributed by atoms with Gasteiger partial charge in [-0.3, -0.25) is 4.79 Å². The average molecular weight is 205 g/mol. The van der Waals surface area contributed by atoms with Crippen molar-refractivity contribution in [1.29, 1.82) is 0 Å². The van der Waals surface area contributed by atoms with Gasteiger partial charge >= 0.3 is 5.97 Å². The Morgan fingerprint density at radius 2 is 2.07 bits per heavy atom. The molecule has 3 nitrogen and oxygen atoms in total. The van der Waals surface area contributed by atoms with Gasteiger partial charge in [-0.1, -0.05) is 42.5 Å². The summed E-state index contributed by atoms with van der Waals surface area (Å²) in [5, 5.41) is 8.50. The van der Waals surface area contributed by atoms with E-state index in [2.05, 4.69) is 0 Å². The first-order valence-electron chi connectivity index (χ1n) is 4.87. The molecule has 0 aliphatic rings. The van der Waals surface area contributed by atoms with E-state index in [4.69, 9.17) is 10.8 Å². The number of carboxylic acid groups (broad SMARTS) is 1. The maximum absolute atomic E-state index is 10.3. The maximum atomic E-state index is 10.3. The van der Waals surface area contributed by atoms with Crippen LogP contribution in [0.3, 0.4) is 0 Å². The summed E-state index contributed by atoms with van der Waals surface area (Å²) in [6, 6.07) is 9.53. The molecule has 80 valence electrons. The van der Waals surface area contributed by atoms with Crippen molar-refractivity contribution < 1.29 is 9.90 Å². The first-order valence-corrected chi connectivity index (χ1v) is 4.87. The summed E-state index contributed by atoms with van der Waals surface area (Å²) in [5.74, 6) is -0.851. The van der Waals surface area contributed by atoms with Crippen molar-refractivity contribution >= 4 is 12.0 Å². The van der Waals surface area contributed by atoms with Crippen LogP contribution < -0.4 is 5.73 Å². The third-order valence-electron chi connectivity index (χ3n) is 1.99. The second kappa shape index (κ2) is 5.98. The molecule has 0 amide bonds. The molecular formula is C12H15NO2. The van der Waals surface area contributed by atoms with Crippen molar-refractivity contribution in [2.45, 2.75) is 18.9 Å². The number of carbonyl (C=O) groups is 1. The summed E-state index contributed by atoms with van der Waals surface area (Å²) in [4.78, 5) is 10.3. The van der Waals surface area contributed by atoms with Gasteiger partial charge in [-0.05, 0) is 12.0 Å². The Bertz CT molecular complexity index is 333. The SMILES string of the molecule is N[C@@H](C/C=C\c1ccccc1)CC(=O)O. The zero-order valence-corrected chi connectivity index (χ0v) is 8.47. The molecule has 1 aromatic rings. The van der Waals surface area contributed by atoms with E-state index in [0.717, 1.165) is 5.56 Å². The van der Waals surface area contributed by atoms with Crippen molar-refractivity contribution in [1.82, 2.24) is 0 Å². The van der Waals surface area contributed by atoms with Crippen LogP contribution in [0.4, 0.5) is 0 Å². The van der Waals surface area contributed by atoms with Gasteiger partial charge in [-0.25, -0.2) is 0 Å². The first-order chi connectivity index (χ1) is 7.18. The van der Waals surface area contributed by atoms with Crippen molar-refractivity contribution in [3.8, 4) is 0 Å². The smallest absolute Gasteiger partial charge is 0.304 e. The van der Waals surface area contributed by atoms with Crippen molar-refractivity contribution in [2.24, 2.45) is 5.73 Å². The number of hydrogen-bond donors (Lipinski definition) is 2. The fourth-order valence-corrected chi connectivity index (χ4v) is 1.25. The Morgan fingerprint density at radius 1 is 1.40 bits per heavy atom. The minimum Gasteiger partial charge on any atom is -0.481 e. The highest BCUT2D eigenvalue weighted by atomic mass is 16.4. The van der Waals surface area contributed by atoms with E-state index in [1.807, 2.05) is 42.5 Å². The molecule has 0 saturated heterocycles. The summed E-state index contributed by atoms with van der Waals surface area (Å²) in [5.41, 5.74) is 6.70. The highest BCUT2D eigenvalue weighted by Crippen LogP contribution is 2.03. The van der Waals surface area contributed by atoms with Crippen molar-refractivity contribution in [3.05, 3.63) is 42.0 Å². The minimum atomic E-state index is -0.851. The summed E-state index contributed by atoms with van der Waals surface area (Å²) in [6.45, 7) is 0. The molecule has 0 radical (unpaired) electrons. The van der Waals surface area contributed by atoms with Crippen LogP contribution in [0.1, 0.15) is 18.4 Å². The molecule has 0 heterocycles. The highest BCUT2D eigenvalue weighted by molar-refractivity contribution is 5.67. The fourth-order valence-electron chi connectivity index (χ4n) is 1.25. The van der Waals surface area contributed by atoms with Crippen LogP contribution in [0.2, 0.25) is 0 Å². The molecule has 0 aliphatic heterocycles. The van der Waals surface area contributed by atoms with E-state index in [9.17, 15) is 4.79 Å². The van der Waals surface area contributed by atoms with E-state index < -0.39 is 5.97 Å². The molecule has 0 bridgehead atoms. The summed E-state index contributed by atoms with van der Waals surface area (Å²) in [7, 11) is 0. The van der Waals surface area contributed by atoms with Gasteiger partial charge in [-0.2, -0.15) is 0 Å². The van der Waals surface area contributed by atoms with Crippen LogP contribution in [0.15, 0.2) is 36.4 Å². The van der Waals surface area contributed by atoms with Crippen molar-refractivity contribution in [3.63, 3.8) is 0 Å². The Kier molecular flexibility index (Phi) is 4.57. The van der Waals surface area contributed by atoms with Gasteiger partial charge in [0.2, 0.25) is 0 Å². The monoisotopic (exact) mass is 205 g/mol. The van der Waals surface area contributed by atoms with Gasteiger partial charge in [0.25, 0.3) is 0 Å². The molecule has 1 aromatic carbocycles. The van der Waals surface area contributed by atoms with Gasteiger partial charge in [0, 0.05) is 6.04 Å². The molecule has 15 heavy (non-hydrogen) atoms. The molecule has 0 fully saturated rings. The Morgan fingerprint density at radius 3 is 2.67 bits per heavy atom. The number of rotatable bonds is 5. The van der Waals surface area contributed by atoms with Gasteiger partial charge in [0.15, 0.2) is 0 Å². The maximum Gasteiger partial charge on any atom is 0.304 e. The van der Waals surface area contributed by atoms with Crippen LogP contribution in [0, 0.1) is 0 Å². The quantitative estimate of drug-likeness (QED) is 0.771. The molecule has 1 atom stereocenters. The predicted molar refractivity (Wildman–Crippen MR) is 60.3 cm³/mol. The Labute approximate surface area is 89.2 Å². The minimum absolute atomic E-state index is 0.0130. The molecule has 3 N–H and O–H groups in total. The normalized spacial score (nSPS) is 12.9. The molecule has 0 unspecified atom stereocenters. The summed E-state index contributed by atoms with van der Waals surface area (Å²) < 4.78 is 0. The van der Waals surface area contributed by atoms with Crippen molar-refractivity contribution in [2.75, 3.05) is 0 Å². The van der Waals surface area contributed by atoms with Gasteiger partial charge in [0.05, 0.1) is 6.42 Å². The first kappa shape index (κ1) is 11.5. The van der Waals surface area contributed by atoms with Crippen LogP contribution in [-0.2, 0) is 4.79 Å². The second-order valence-electron chi connectivity index (χ2n) is 3.41. The predicted octanol–water partition coefficient (Wildman–Crippen LogP) is 1.89. The van der Waals surface area contributed by atoms with Crippen LogP contribution in [0.5, 0.6) is 0 Å². The fraction of sp³-hybridized carbons (Fsp3) is 0.250. The zero-order chi connectivity index (χ0) is 11.1. The Balaban J connectivity index is 2.37. The molecule has 0 saturated carbocycles. The molecule has 0 spiro atoms. The van der Waals surface area contributed by atoms with Gasteiger partial charge in [0.1, 0.15) is 0 Å². The van der Waals surface area contributed by atoms with Crippen LogP contribution in [-0.4, -0.2) is 17.1 Å². The molecule has 3 heteroatoms. The second-order valence-corrected chi connectivity index (χ2v) is 3.41. The molecule has 0 aliphatic carbocycles. The lowest BCUT2D eigenvalue weighted by molar-refractivity contribution is -0.137. The number of hydrogen-bond acceptors (Lipinski definition) is 2. The van der Waals surface area contributed by atoms with E-state index in [-0.39, 0.29) is 12.5 Å². The largest absolute Gasteiger partial charge is 0.481 e. The van der Waals surface area contributed by atoms with E-state index in [1.54, 1.807) is 0 Å². The van der Waals surface area contributed by atoms with Crippen LogP contribution in [0.25, 0.3) is 6.08 Å². The number of benzene rings is 1. The molecule has 0 aromatic heterocycles. The van der Waals surface area contributed by atoms with E-state index in [1.165, 1.54) is 0 Å². The number of carboxylic acids is 1. The Hall–Kier alpha value is -1.61. The average Bonchev–Trinajstić information content (AvgIpc) is 2.18. The number of nitrogens with two attached hydrogens (primary N) is 1. The van der Waals surface area contributed by atoms with Gasteiger partial charge < -0.3 is 10.8 Å². The molecular weight excluding hydrogens is 190 g/mol. The lowest BCUT2D eigenvalue weighted by atomic mass is 10.1. The van der Waals surface area contributed by atoms with Gasteiger partial charge in [-0.15, -0.1) is 0 Å². The third kappa shape index (κ3) is 4.98. The topological polar surface area (TPSA) is 63.3 Å². The van der Waals surface area contributed by atoms with E-state index >= 15 is 0 Å². The summed E-state index contributed by atoms with van der Waals surface area (Å²) in [6.07, 6.45) is 4.45. The third-order valence-corrected chi connectivity index (χ3v) is 1.99. The standard InChI is InChI=1S/C12H15NO2/c13-11(9-12(14)15)8-4-7-10-5-2-1-3-6-10/h1-7,11H,8-9,13H2,(H,14,15)/b7-4-/t11-/m0/s1. The lowest BCUT2D eigenvalue weighted by Crippen LogP contribution is -2.22. The molecule has 1 rings (SSSR count). The van der Waals surface area contributed by atoms with Crippen LogP contribution >= 0.6 is 0 Å². The number of aliphatic carboxylic acids is 1. The zero-order valence-electron chi connectivity index (χ0n) is 8.47.